The second-order valence-corrected chi connectivity index (χ2v) is 7.04. The second-order valence-electron chi connectivity index (χ2n) is 7.04. The van der Waals surface area contributed by atoms with Crippen molar-refractivity contribution in [3.63, 3.8) is 0 Å². The highest BCUT2D eigenvalue weighted by atomic mass is 16.3. The summed E-state index contributed by atoms with van der Waals surface area (Å²) in [5, 5.41) is 2.84. The van der Waals surface area contributed by atoms with Crippen molar-refractivity contribution in [1.82, 2.24) is 15.1 Å². The van der Waals surface area contributed by atoms with E-state index in [9.17, 15) is 14.4 Å². The molecule has 1 aromatic heterocycles. The zero-order valence-corrected chi connectivity index (χ0v) is 15.6. The smallest absolute Gasteiger partial charge is 0.289 e. The van der Waals surface area contributed by atoms with Gasteiger partial charge in [0.15, 0.2) is 5.76 Å². The van der Waals surface area contributed by atoms with Gasteiger partial charge in [0.1, 0.15) is 6.42 Å². The molecule has 7 nitrogen and oxygen atoms in total. The van der Waals surface area contributed by atoms with Crippen LogP contribution in [0.4, 0.5) is 0 Å². The predicted molar refractivity (Wildman–Crippen MR) is 100.0 cm³/mol. The summed E-state index contributed by atoms with van der Waals surface area (Å²) < 4.78 is 5.13. The van der Waals surface area contributed by atoms with Crippen LogP contribution in [0.1, 0.15) is 49.1 Å². The van der Waals surface area contributed by atoms with Crippen molar-refractivity contribution in [1.29, 1.82) is 0 Å². The third kappa shape index (κ3) is 5.45. The van der Waals surface area contributed by atoms with E-state index in [-0.39, 0.29) is 24.1 Å². The van der Waals surface area contributed by atoms with Crippen LogP contribution in [0.15, 0.2) is 34.5 Å². The van der Waals surface area contributed by atoms with Gasteiger partial charge >= 0.3 is 0 Å². The van der Waals surface area contributed by atoms with Gasteiger partial charge in [0.2, 0.25) is 11.8 Å². The van der Waals surface area contributed by atoms with Crippen molar-refractivity contribution in [3.05, 3.63) is 35.8 Å². The van der Waals surface area contributed by atoms with E-state index in [1.54, 1.807) is 21.9 Å². The Hall–Kier alpha value is -2.57. The van der Waals surface area contributed by atoms with Crippen LogP contribution >= 0.6 is 0 Å². The molecule has 1 aliphatic carbocycles. The number of carbonyl (C=O) groups excluding carboxylic acids is 3. The van der Waals surface area contributed by atoms with E-state index in [1.165, 1.54) is 24.7 Å². The second kappa shape index (κ2) is 9.39. The van der Waals surface area contributed by atoms with Gasteiger partial charge in [0, 0.05) is 32.7 Å². The fourth-order valence-corrected chi connectivity index (χ4v) is 3.52. The van der Waals surface area contributed by atoms with Gasteiger partial charge in [0.05, 0.1) is 6.26 Å². The average Bonchev–Trinajstić information content (AvgIpc) is 3.23. The number of furan rings is 1. The lowest BCUT2D eigenvalue weighted by Crippen LogP contribution is -2.51. The maximum atomic E-state index is 12.3. The molecule has 0 atom stereocenters. The number of hydrogen-bond acceptors (Lipinski definition) is 4. The van der Waals surface area contributed by atoms with E-state index in [4.69, 9.17) is 4.42 Å². The maximum Gasteiger partial charge on any atom is 0.289 e. The Morgan fingerprint density at radius 3 is 2.52 bits per heavy atom. The number of carbonyl (C=O) groups is 3. The molecule has 1 aliphatic heterocycles. The molecule has 2 heterocycles. The quantitative estimate of drug-likeness (QED) is 0.610. The molecule has 0 unspecified atom stereocenters. The Bertz CT molecular complexity index is 688. The Kier molecular flexibility index (Phi) is 6.68. The van der Waals surface area contributed by atoms with E-state index in [2.05, 4.69) is 11.4 Å². The van der Waals surface area contributed by atoms with Crippen LogP contribution in [0.25, 0.3) is 0 Å². The van der Waals surface area contributed by atoms with Crippen molar-refractivity contribution < 1.29 is 18.8 Å². The van der Waals surface area contributed by atoms with Crippen LogP contribution in [-0.2, 0) is 9.59 Å². The highest BCUT2D eigenvalue weighted by Crippen LogP contribution is 2.19. The highest BCUT2D eigenvalue weighted by Gasteiger charge is 2.26. The Balaban J connectivity index is 1.35. The first kappa shape index (κ1) is 19.2. The Morgan fingerprint density at radius 2 is 1.85 bits per heavy atom. The number of hydrogen-bond donors (Lipinski definition) is 1. The minimum Gasteiger partial charge on any atom is -0.459 e. The molecule has 7 heteroatoms. The number of rotatable bonds is 6. The molecule has 1 N–H and O–H groups in total. The summed E-state index contributed by atoms with van der Waals surface area (Å²) in [5.74, 6) is -0.274. The molecule has 1 fully saturated rings. The molecule has 2 aliphatic rings. The fourth-order valence-electron chi connectivity index (χ4n) is 3.52. The van der Waals surface area contributed by atoms with E-state index >= 15 is 0 Å². The van der Waals surface area contributed by atoms with Crippen LogP contribution in [0.2, 0.25) is 0 Å². The third-order valence-corrected chi connectivity index (χ3v) is 5.12. The van der Waals surface area contributed by atoms with Gasteiger partial charge in [-0.05, 0) is 44.2 Å². The lowest BCUT2D eigenvalue weighted by Gasteiger charge is -2.34. The molecule has 0 spiro atoms. The van der Waals surface area contributed by atoms with Gasteiger partial charge < -0.3 is 19.5 Å². The summed E-state index contributed by atoms with van der Waals surface area (Å²) >= 11 is 0. The zero-order valence-electron chi connectivity index (χ0n) is 15.6. The van der Waals surface area contributed by atoms with E-state index in [0.29, 0.717) is 38.5 Å². The van der Waals surface area contributed by atoms with E-state index < -0.39 is 0 Å². The van der Waals surface area contributed by atoms with Crippen LogP contribution in [0, 0.1) is 0 Å². The Morgan fingerprint density at radius 1 is 1.07 bits per heavy atom. The molecular formula is C20H27N3O4. The minimum atomic E-state index is -0.231. The third-order valence-electron chi connectivity index (χ3n) is 5.12. The van der Waals surface area contributed by atoms with Crippen molar-refractivity contribution in [2.24, 2.45) is 0 Å². The number of allylic oxidation sites excluding steroid dienone is 1. The molecule has 0 aromatic carbocycles. The number of amides is 3. The first-order chi connectivity index (χ1) is 13.1. The lowest BCUT2D eigenvalue weighted by atomic mass is 9.97. The number of nitrogens with one attached hydrogen (secondary N) is 1. The lowest BCUT2D eigenvalue weighted by molar-refractivity contribution is -0.137. The zero-order chi connectivity index (χ0) is 19.1. The largest absolute Gasteiger partial charge is 0.459 e. The van der Waals surface area contributed by atoms with Crippen molar-refractivity contribution in [3.8, 4) is 0 Å². The number of piperazine rings is 1. The standard InChI is InChI=1S/C20H27N3O4/c24-18(21-9-8-16-5-2-1-3-6-16)15-19(25)22-10-12-23(13-11-22)20(26)17-7-4-14-27-17/h4-5,7,14H,1-3,6,8-13,15H2,(H,21,24). The first-order valence-electron chi connectivity index (χ1n) is 9.68. The van der Waals surface area contributed by atoms with Gasteiger partial charge in [0.25, 0.3) is 5.91 Å². The SMILES string of the molecule is O=C(CC(=O)N1CCN(C(=O)c2ccco2)CC1)NCCC1=CCCCC1. The van der Waals surface area contributed by atoms with Crippen LogP contribution in [-0.4, -0.2) is 60.2 Å². The summed E-state index contributed by atoms with van der Waals surface area (Å²) in [6.45, 7) is 2.35. The molecule has 1 aromatic rings. The molecule has 27 heavy (non-hydrogen) atoms. The molecule has 1 saturated heterocycles. The Labute approximate surface area is 159 Å². The van der Waals surface area contributed by atoms with Crippen molar-refractivity contribution in [2.45, 2.75) is 38.5 Å². The van der Waals surface area contributed by atoms with Gasteiger partial charge in [-0.3, -0.25) is 14.4 Å². The van der Waals surface area contributed by atoms with Crippen molar-refractivity contribution in [2.75, 3.05) is 32.7 Å². The van der Waals surface area contributed by atoms with Crippen molar-refractivity contribution >= 4 is 17.7 Å². The first-order valence-corrected chi connectivity index (χ1v) is 9.68. The summed E-state index contributed by atoms with van der Waals surface area (Å²) in [6, 6.07) is 3.31. The van der Waals surface area contributed by atoms with Gasteiger partial charge in [-0.1, -0.05) is 11.6 Å². The van der Waals surface area contributed by atoms with Crippen LogP contribution in [0.3, 0.4) is 0 Å². The van der Waals surface area contributed by atoms with Crippen LogP contribution in [0.5, 0.6) is 0 Å². The topological polar surface area (TPSA) is 82.9 Å². The molecular weight excluding hydrogens is 346 g/mol. The van der Waals surface area contributed by atoms with Gasteiger partial charge in [-0.15, -0.1) is 0 Å². The normalized spacial score (nSPS) is 17.4. The maximum absolute atomic E-state index is 12.3. The van der Waals surface area contributed by atoms with E-state index in [1.807, 2.05) is 0 Å². The monoisotopic (exact) mass is 373 g/mol. The summed E-state index contributed by atoms with van der Waals surface area (Å²) in [4.78, 5) is 39.9. The summed E-state index contributed by atoms with van der Waals surface area (Å²) in [7, 11) is 0. The fraction of sp³-hybridized carbons (Fsp3) is 0.550. The van der Waals surface area contributed by atoms with Gasteiger partial charge in [-0.25, -0.2) is 0 Å². The molecule has 0 radical (unpaired) electrons. The number of nitrogens with zero attached hydrogens (tertiary/aromatic N) is 2. The van der Waals surface area contributed by atoms with Gasteiger partial charge in [-0.2, -0.15) is 0 Å². The molecule has 3 amide bonds. The highest BCUT2D eigenvalue weighted by molar-refractivity contribution is 5.97. The molecule has 146 valence electrons. The molecule has 0 bridgehead atoms. The summed E-state index contributed by atoms with van der Waals surface area (Å²) in [5.41, 5.74) is 1.41. The average molecular weight is 373 g/mol. The minimum absolute atomic E-state index is 0.134. The van der Waals surface area contributed by atoms with E-state index in [0.717, 1.165) is 19.3 Å². The van der Waals surface area contributed by atoms with Crippen LogP contribution < -0.4 is 5.32 Å². The molecule has 0 saturated carbocycles. The summed E-state index contributed by atoms with van der Waals surface area (Å²) in [6.07, 6.45) is 9.21. The predicted octanol–water partition coefficient (Wildman–Crippen LogP) is 1.96. The molecule has 3 rings (SSSR count).